The monoisotopic (exact) mass is 278 g/mol. The summed E-state index contributed by atoms with van der Waals surface area (Å²) in [5.74, 6) is 0.708. The fourth-order valence-electron chi connectivity index (χ4n) is 1.67. The number of hydrogen-bond donors (Lipinski definition) is 1. The van der Waals surface area contributed by atoms with Gasteiger partial charge in [-0.2, -0.15) is 15.0 Å². The van der Waals surface area contributed by atoms with Crippen molar-refractivity contribution in [1.82, 2.24) is 15.0 Å². The zero-order valence-corrected chi connectivity index (χ0v) is 11.8. The van der Waals surface area contributed by atoms with Crippen molar-refractivity contribution in [2.24, 2.45) is 0 Å². The molecule has 0 amide bonds. The van der Waals surface area contributed by atoms with Crippen LogP contribution in [0.2, 0.25) is 5.28 Å². The van der Waals surface area contributed by atoms with Crippen molar-refractivity contribution in [2.75, 3.05) is 5.73 Å². The van der Waals surface area contributed by atoms with E-state index in [9.17, 15) is 0 Å². The minimum atomic E-state index is -0.0566. The van der Waals surface area contributed by atoms with Crippen LogP contribution in [0.15, 0.2) is 24.3 Å². The van der Waals surface area contributed by atoms with Gasteiger partial charge in [-0.1, -0.05) is 39.0 Å². The second kappa shape index (κ2) is 5.01. The van der Waals surface area contributed by atoms with E-state index < -0.39 is 0 Å². The number of nitrogen functional groups attached to an aromatic ring is 1. The molecule has 0 aliphatic rings. The van der Waals surface area contributed by atoms with Gasteiger partial charge in [-0.05, 0) is 23.1 Å². The van der Waals surface area contributed by atoms with Crippen molar-refractivity contribution in [3.63, 3.8) is 0 Å². The fraction of sp³-hybridized carbons (Fsp3) is 0.308. The molecule has 0 atom stereocenters. The van der Waals surface area contributed by atoms with Gasteiger partial charge in [0.05, 0.1) is 0 Å². The molecule has 1 aromatic heterocycles. The first-order valence-electron chi connectivity index (χ1n) is 5.80. The number of para-hydroxylation sites is 1. The maximum absolute atomic E-state index is 5.72. The Bertz CT molecular complexity index is 575. The van der Waals surface area contributed by atoms with Crippen molar-refractivity contribution in [3.05, 3.63) is 35.1 Å². The first kappa shape index (κ1) is 13.5. The summed E-state index contributed by atoms with van der Waals surface area (Å²) in [4.78, 5) is 11.5. The minimum absolute atomic E-state index is 0.00994. The molecule has 0 unspecified atom stereocenters. The molecule has 0 saturated heterocycles. The Morgan fingerprint density at radius 1 is 1.11 bits per heavy atom. The van der Waals surface area contributed by atoms with Gasteiger partial charge in [0, 0.05) is 5.56 Å². The summed E-state index contributed by atoms with van der Waals surface area (Å²) in [7, 11) is 0. The maximum atomic E-state index is 5.72. The predicted molar refractivity (Wildman–Crippen MR) is 74.5 cm³/mol. The van der Waals surface area contributed by atoms with Crippen LogP contribution in [0.4, 0.5) is 5.95 Å². The van der Waals surface area contributed by atoms with Gasteiger partial charge in [-0.25, -0.2) is 0 Å². The van der Waals surface area contributed by atoms with Gasteiger partial charge in [0.25, 0.3) is 0 Å². The third-order valence-electron chi connectivity index (χ3n) is 2.50. The van der Waals surface area contributed by atoms with Crippen LogP contribution in [0, 0.1) is 0 Å². The minimum Gasteiger partial charge on any atom is -0.424 e. The van der Waals surface area contributed by atoms with Crippen LogP contribution < -0.4 is 10.5 Å². The summed E-state index contributed by atoms with van der Waals surface area (Å²) >= 11 is 5.72. The zero-order chi connectivity index (χ0) is 14.0. The van der Waals surface area contributed by atoms with Crippen LogP contribution >= 0.6 is 11.6 Å². The topological polar surface area (TPSA) is 73.9 Å². The maximum Gasteiger partial charge on any atom is 0.328 e. The van der Waals surface area contributed by atoms with E-state index in [2.05, 4.69) is 35.7 Å². The van der Waals surface area contributed by atoms with Gasteiger partial charge >= 0.3 is 6.01 Å². The number of nitrogens with two attached hydrogens (primary N) is 1. The zero-order valence-electron chi connectivity index (χ0n) is 11.0. The standard InChI is InChI=1S/C13H15ClN4O/c1-13(2,3)8-6-4-5-7-9(8)19-12-17-10(14)16-11(15)18-12/h4-7H,1-3H3,(H2,15,16,17,18). The number of halogens is 1. The van der Waals surface area contributed by atoms with Crippen molar-refractivity contribution in [3.8, 4) is 11.8 Å². The fourth-order valence-corrected chi connectivity index (χ4v) is 1.82. The molecule has 6 heteroatoms. The number of aromatic nitrogens is 3. The lowest BCUT2D eigenvalue weighted by Gasteiger charge is -2.21. The summed E-state index contributed by atoms with van der Waals surface area (Å²) in [6.07, 6.45) is 0. The summed E-state index contributed by atoms with van der Waals surface area (Å²) in [6, 6.07) is 7.80. The Kier molecular flexibility index (Phi) is 3.57. The molecule has 2 N–H and O–H groups in total. The summed E-state index contributed by atoms with van der Waals surface area (Å²) in [6.45, 7) is 6.30. The number of benzene rings is 1. The van der Waals surface area contributed by atoms with Gasteiger partial charge in [0.2, 0.25) is 11.2 Å². The highest BCUT2D eigenvalue weighted by Gasteiger charge is 2.19. The van der Waals surface area contributed by atoms with E-state index in [-0.39, 0.29) is 22.7 Å². The SMILES string of the molecule is CC(C)(C)c1ccccc1Oc1nc(N)nc(Cl)n1. The second-order valence-corrected chi connectivity index (χ2v) is 5.43. The molecule has 2 rings (SSSR count). The summed E-state index contributed by atoms with van der Waals surface area (Å²) in [5, 5.41) is 0.00994. The molecule has 0 aliphatic carbocycles. The molecule has 2 aromatic rings. The first-order valence-corrected chi connectivity index (χ1v) is 6.18. The van der Waals surface area contributed by atoms with E-state index in [1.807, 2.05) is 24.3 Å². The van der Waals surface area contributed by atoms with Gasteiger partial charge in [-0.15, -0.1) is 0 Å². The average molecular weight is 279 g/mol. The first-order chi connectivity index (χ1) is 8.86. The number of ether oxygens (including phenoxy) is 1. The van der Waals surface area contributed by atoms with Gasteiger partial charge < -0.3 is 10.5 Å². The number of nitrogens with zero attached hydrogens (tertiary/aromatic N) is 3. The number of anilines is 1. The van der Waals surface area contributed by atoms with Crippen molar-refractivity contribution >= 4 is 17.5 Å². The molecule has 1 aromatic carbocycles. The Morgan fingerprint density at radius 2 is 1.79 bits per heavy atom. The molecule has 0 fully saturated rings. The summed E-state index contributed by atoms with van der Waals surface area (Å²) in [5.41, 5.74) is 6.50. The molecule has 19 heavy (non-hydrogen) atoms. The van der Waals surface area contributed by atoms with Gasteiger partial charge in [0.1, 0.15) is 5.75 Å². The lowest BCUT2D eigenvalue weighted by Crippen LogP contribution is -2.12. The van der Waals surface area contributed by atoms with Crippen LogP contribution in [0.3, 0.4) is 0 Å². The van der Waals surface area contributed by atoms with Crippen LogP contribution in [0.1, 0.15) is 26.3 Å². The summed E-state index contributed by atoms with van der Waals surface area (Å²) < 4.78 is 5.67. The van der Waals surface area contributed by atoms with E-state index in [0.717, 1.165) is 5.56 Å². The normalized spacial score (nSPS) is 11.4. The molecule has 0 spiro atoms. The molecular formula is C13H15ClN4O. The van der Waals surface area contributed by atoms with Crippen LogP contribution in [0.5, 0.6) is 11.8 Å². The van der Waals surface area contributed by atoms with Crippen molar-refractivity contribution in [1.29, 1.82) is 0 Å². The van der Waals surface area contributed by atoms with E-state index >= 15 is 0 Å². The Morgan fingerprint density at radius 3 is 2.42 bits per heavy atom. The molecule has 0 radical (unpaired) electrons. The van der Waals surface area contributed by atoms with E-state index in [0.29, 0.717) is 5.75 Å². The average Bonchev–Trinajstić information content (AvgIpc) is 2.26. The van der Waals surface area contributed by atoms with Gasteiger partial charge in [0.15, 0.2) is 0 Å². The molecule has 5 nitrogen and oxygen atoms in total. The Hall–Kier alpha value is -1.88. The van der Waals surface area contributed by atoms with Crippen molar-refractivity contribution in [2.45, 2.75) is 26.2 Å². The quantitative estimate of drug-likeness (QED) is 0.913. The largest absolute Gasteiger partial charge is 0.424 e. The second-order valence-electron chi connectivity index (χ2n) is 5.09. The predicted octanol–water partition coefficient (Wildman–Crippen LogP) is 3.20. The number of hydrogen-bond acceptors (Lipinski definition) is 5. The lowest BCUT2D eigenvalue weighted by atomic mass is 9.86. The van der Waals surface area contributed by atoms with E-state index in [1.54, 1.807) is 0 Å². The molecule has 0 bridgehead atoms. The van der Waals surface area contributed by atoms with Crippen molar-refractivity contribution < 1.29 is 4.74 Å². The highest BCUT2D eigenvalue weighted by atomic mass is 35.5. The molecule has 0 aliphatic heterocycles. The lowest BCUT2D eigenvalue weighted by molar-refractivity contribution is 0.421. The molecular weight excluding hydrogens is 264 g/mol. The highest BCUT2D eigenvalue weighted by molar-refractivity contribution is 6.28. The van der Waals surface area contributed by atoms with E-state index in [4.69, 9.17) is 22.1 Å². The molecule has 1 heterocycles. The van der Waals surface area contributed by atoms with Crippen LogP contribution in [-0.2, 0) is 5.41 Å². The highest BCUT2D eigenvalue weighted by Crippen LogP contribution is 2.33. The third-order valence-corrected chi connectivity index (χ3v) is 2.67. The Balaban J connectivity index is 2.38. The third kappa shape index (κ3) is 3.32. The number of rotatable bonds is 2. The molecule has 100 valence electrons. The van der Waals surface area contributed by atoms with Crippen LogP contribution in [-0.4, -0.2) is 15.0 Å². The van der Waals surface area contributed by atoms with Crippen LogP contribution in [0.25, 0.3) is 0 Å². The molecule has 0 saturated carbocycles. The Labute approximate surface area is 116 Å². The van der Waals surface area contributed by atoms with Gasteiger partial charge in [-0.3, -0.25) is 0 Å². The smallest absolute Gasteiger partial charge is 0.328 e. The van der Waals surface area contributed by atoms with E-state index in [1.165, 1.54) is 0 Å².